The van der Waals surface area contributed by atoms with Gasteiger partial charge in [-0.25, -0.2) is 4.79 Å². The lowest BCUT2D eigenvalue weighted by molar-refractivity contribution is 0.0653. The van der Waals surface area contributed by atoms with E-state index in [1.165, 1.54) is 0 Å². The minimum atomic E-state index is -1.28. The molecule has 0 saturated heterocycles. The van der Waals surface area contributed by atoms with E-state index in [0.29, 0.717) is 0 Å². The van der Waals surface area contributed by atoms with Crippen LogP contribution in [0.5, 0.6) is 0 Å². The second kappa shape index (κ2) is 1.90. The molecule has 1 rings (SSSR count). The Hall–Kier alpha value is -1.72. The summed E-state index contributed by atoms with van der Waals surface area (Å²) in [5.74, 6) is -1.79. The number of nitrogens with zero attached hydrogens (tertiary/aromatic N) is 1. The van der Waals surface area contributed by atoms with Crippen molar-refractivity contribution in [2.75, 3.05) is 11.5 Å². The van der Waals surface area contributed by atoms with E-state index in [9.17, 15) is 4.79 Å². The largest absolute Gasteiger partial charge is 0.475 e. The number of carboxylic acids is 1. The third-order valence-electron chi connectivity index (χ3n) is 0.950. The Labute approximate surface area is 55.4 Å². The highest BCUT2D eigenvalue weighted by atomic mass is 16.5. The predicted octanol–water partition coefficient (Wildman–Crippen LogP) is -0.463. The van der Waals surface area contributed by atoms with Gasteiger partial charge in [-0.2, -0.15) is 0 Å². The Kier molecular flexibility index (Phi) is 1.22. The van der Waals surface area contributed by atoms with E-state index in [0.717, 1.165) is 0 Å². The second-order valence-electron chi connectivity index (χ2n) is 1.62. The Morgan fingerprint density at radius 2 is 2.20 bits per heavy atom. The number of aromatic nitrogens is 1. The van der Waals surface area contributed by atoms with Crippen LogP contribution in [-0.4, -0.2) is 16.2 Å². The Bertz CT molecular complexity index is 267. The van der Waals surface area contributed by atoms with Gasteiger partial charge in [0.15, 0.2) is 5.82 Å². The molecule has 0 amide bonds. The van der Waals surface area contributed by atoms with Gasteiger partial charge in [0.1, 0.15) is 5.69 Å². The van der Waals surface area contributed by atoms with Crippen molar-refractivity contribution in [3.8, 4) is 0 Å². The van der Waals surface area contributed by atoms with Gasteiger partial charge in [-0.3, -0.25) is 0 Å². The fourth-order valence-corrected chi connectivity index (χ4v) is 0.464. The maximum Gasteiger partial charge on any atom is 0.377 e. The van der Waals surface area contributed by atoms with Crippen LogP contribution in [0.25, 0.3) is 0 Å². The molecule has 1 aromatic rings. The molecule has 0 radical (unpaired) electrons. The van der Waals surface area contributed by atoms with Crippen LogP contribution in [-0.2, 0) is 0 Å². The number of hydrogen-bond donors (Lipinski definition) is 3. The smallest absolute Gasteiger partial charge is 0.377 e. The summed E-state index contributed by atoms with van der Waals surface area (Å²) in [6.07, 6.45) is 0. The fourth-order valence-electron chi connectivity index (χ4n) is 0.464. The van der Waals surface area contributed by atoms with Crippen LogP contribution < -0.4 is 11.5 Å². The number of nitrogens with two attached hydrogens (primary N) is 2. The zero-order chi connectivity index (χ0) is 7.72. The zero-order valence-electron chi connectivity index (χ0n) is 4.87. The van der Waals surface area contributed by atoms with Crippen molar-refractivity contribution < 1.29 is 14.4 Å². The summed E-state index contributed by atoms with van der Waals surface area (Å²) in [7, 11) is 0. The van der Waals surface area contributed by atoms with E-state index >= 15 is 0 Å². The van der Waals surface area contributed by atoms with Crippen LogP contribution in [0, 0.1) is 0 Å². The normalized spacial score (nSPS) is 9.60. The molecule has 0 spiro atoms. The number of carboxylic acid groups (broad SMARTS) is 1. The van der Waals surface area contributed by atoms with Crippen molar-refractivity contribution in [2.45, 2.75) is 0 Å². The lowest BCUT2D eigenvalue weighted by Crippen LogP contribution is -2.00. The quantitative estimate of drug-likeness (QED) is 0.489. The molecule has 6 nitrogen and oxygen atoms in total. The monoisotopic (exact) mass is 143 g/mol. The molecule has 54 valence electrons. The van der Waals surface area contributed by atoms with Crippen LogP contribution in [0.4, 0.5) is 11.5 Å². The molecular weight excluding hydrogens is 138 g/mol. The van der Waals surface area contributed by atoms with E-state index in [-0.39, 0.29) is 11.5 Å². The van der Waals surface area contributed by atoms with Crippen LogP contribution in [0.2, 0.25) is 0 Å². The lowest BCUT2D eigenvalue weighted by Gasteiger charge is -1.85. The number of hydrogen-bond acceptors (Lipinski definition) is 5. The van der Waals surface area contributed by atoms with Gasteiger partial charge in [-0.1, -0.05) is 5.16 Å². The number of carbonyl (C=O) groups is 1. The third kappa shape index (κ3) is 0.750. The first-order chi connectivity index (χ1) is 4.63. The minimum Gasteiger partial charge on any atom is -0.475 e. The Morgan fingerprint density at radius 3 is 2.40 bits per heavy atom. The first-order valence-electron chi connectivity index (χ1n) is 2.37. The summed E-state index contributed by atoms with van der Waals surface area (Å²) < 4.78 is 4.26. The highest BCUT2D eigenvalue weighted by molar-refractivity contribution is 5.92. The molecule has 0 bridgehead atoms. The van der Waals surface area contributed by atoms with Crippen LogP contribution in [0.3, 0.4) is 0 Å². The molecular formula is C4H5N3O3. The van der Waals surface area contributed by atoms with E-state index in [1.807, 2.05) is 0 Å². The summed E-state index contributed by atoms with van der Waals surface area (Å²) in [6, 6.07) is 0. The van der Waals surface area contributed by atoms with Gasteiger partial charge in [0, 0.05) is 0 Å². The SMILES string of the molecule is Nc1noc(C(=O)O)c1N. The van der Waals surface area contributed by atoms with Gasteiger partial charge in [0.2, 0.25) is 0 Å². The topological polar surface area (TPSA) is 115 Å². The first-order valence-corrected chi connectivity index (χ1v) is 2.37. The average Bonchev–Trinajstić information content (AvgIpc) is 2.14. The molecule has 0 aromatic carbocycles. The van der Waals surface area contributed by atoms with Crippen LogP contribution in [0.1, 0.15) is 10.6 Å². The fraction of sp³-hybridized carbons (Fsp3) is 0. The minimum absolute atomic E-state index is 0.0996. The maximum atomic E-state index is 10.2. The molecule has 1 heterocycles. The van der Waals surface area contributed by atoms with Gasteiger partial charge >= 0.3 is 5.97 Å². The molecule has 0 saturated carbocycles. The van der Waals surface area contributed by atoms with Crippen molar-refractivity contribution in [3.63, 3.8) is 0 Å². The van der Waals surface area contributed by atoms with Gasteiger partial charge in [0.25, 0.3) is 5.76 Å². The number of nitrogen functional groups attached to an aromatic ring is 2. The number of aromatic carboxylic acids is 1. The Morgan fingerprint density at radius 1 is 1.60 bits per heavy atom. The highest BCUT2D eigenvalue weighted by Crippen LogP contribution is 2.17. The van der Waals surface area contributed by atoms with Crippen molar-refractivity contribution in [3.05, 3.63) is 5.76 Å². The summed E-state index contributed by atoms with van der Waals surface area (Å²) in [5, 5.41) is 11.4. The number of rotatable bonds is 1. The number of anilines is 2. The summed E-state index contributed by atoms with van der Waals surface area (Å²) in [5.41, 5.74) is 10.1. The van der Waals surface area contributed by atoms with Gasteiger partial charge in [0.05, 0.1) is 0 Å². The zero-order valence-corrected chi connectivity index (χ0v) is 4.87. The maximum absolute atomic E-state index is 10.2. The molecule has 0 fully saturated rings. The van der Waals surface area contributed by atoms with Gasteiger partial charge < -0.3 is 21.1 Å². The van der Waals surface area contributed by atoms with Crippen molar-refractivity contribution in [1.29, 1.82) is 0 Å². The first kappa shape index (κ1) is 6.40. The van der Waals surface area contributed by atoms with E-state index in [1.54, 1.807) is 0 Å². The standard InChI is InChI=1S/C4H5N3O3/c5-1-2(4(8)9)10-7-3(1)6/h5H2,(H2,6,7)(H,8,9). The van der Waals surface area contributed by atoms with Crippen LogP contribution in [0.15, 0.2) is 4.52 Å². The lowest BCUT2D eigenvalue weighted by atomic mass is 10.4. The molecule has 0 aliphatic rings. The summed E-state index contributed by atoms with van der Waals surface area (Å²) in [4.78, 5) is 10.2. The predicted molar refractivity (Wildman–Crippen MR) is 32.3 cm³/mol. The van der Waals surface area contributed by atoms with Crippen molar-refractivity contribution >= 4 is 17.5 Å². The van der Waals surface area contributed by atoms with E-state index in [4.69, 9.17) is 16.6 Å². The van der Waals surface area contributed by atoms with Crippen molar-refractivity contribution in [2.24, 2.45) is 0 Å². The summed E-state index contributed by atoms with van der Waals surface area (Å²) >= 11 is 0. The average molecular weight is 143 g/mol. The molecule has 6 heteroatoms. The van der Waals surface area contributed by atoms with Crippen molar-refractivity contribution in [1.82, 2.24) is 5.16 Å². The molecule has 0 aliphatic carbocycles. The highest BCUT2D eigenvalue weighted by Gasteiger charge is 2.16. The van der Waals surface area contributed by atoms with E-state index in [2.05, 4.69) is 9.68 Å². The molecule has 0 unspecified atom stereocenters. The molecule has 5 N–H and O–H groups in total. The third-order valence-corrected chi connectivity index (χ3v) is 0.950. The van der Waals surface area contributed by atoms with Gasteiger partial charge in [-0.05, 0) is 0 Å². The molecule has 0 aliphatic heterocycles. The molecule has 10 heavy (non-hydrogen) atoms. The summed E-state index contributed by atoms with van der Waals surface area (Å²) in [6.45, 7) is 0. The van der Waals surface area contributed by atoms with E-state index < -0.39 is 11.7 Å². The van der Waals surface area contributed by atoms with Crippen LogP contribution >= 0.6 is 0 Å². The molecule has 0 atom stereocenters. The van der Waals surface area contributed by atoms with Gasteiger partial charge in [-0.15, -0.1) is 0 Å². The Balaban J connectivity index is 3.17. The second-order valence-corrected chi connectivity index (χ2v) is 1.62. The molecule has 1 aromatic heterocycles.